The third-order valence-electron chi connectivity index (χ3n) is 5.97. The molecule has 0 bridgehead atoms. The summed E-state index contributed by atoms with van der Waals surface area (Å²) in [4.78, 5) is 17.0. The van der Waals surface area contributed by atoms with Gasteiger partial charge in [-0.3, -0.25) is 4.79 Å². The lowest BCUT2D eigenvalue weighted by Gasteiger charge is -2.33. The Morgan fingerprint density at radius 3 is 2.38 bits per heavy atom. The maximum Gasteiger partial charge on any atom is 0.257 e. The van der Waals surface area contributed by atoms with Crippen molar-refractivity contribution in [3.8, 4) is 16.9 Å². The molecule has 1 aliphatic rings. The SMILES string of the molecule is Cc1ccc(-c2nn(-c3ccccc3)cc2C(=O)N(C)C2CC[NH+](C)CC2)cc1. The number of aromatic nitrogens is 2. The van der Waals surface area contributed by atoms with E-state index in [0.717, 1.165) is 42.9 Å². The fourth-order valence-corrected chi connectivity index (χ4v) is 4.01. The van der Waals surface area contributed by atoms with E-state index in [1.54, 1.807) is 4.90 Å². The number of quaternary nitrogens is 1. The standard InChI is InChI=1S/C24H28N4O/c1-18-9-11-19(12-10-18)23-22(17-28(25-23)21-7-5-4-6-8-21)24(29)27(3)20-13-15-26(2)16-14-20/h4-12,17,20H,13-16H2,1-3H3/p+1. The van der Waals surface area contributed by atoms with Gasteiger partial charge in [-0.2, -0.15) is 5.10 Å². The fraction of sp³-hybridized carbons (Fsp3) is 0.333. The smallest absolute Gasteiger partial charge is 0.257 e. The van der Waals surface area contributed by atoms with Gasteiger partial charge in [0.05, 0.1) is 31.4 Å². The van der Waals surface area contributed by atoms with Gasteiger partial charge in [-0.1, -0.05) is 48.0 Å². The van der Waals surface area contributed by atoms with Gasteiger partial charge >= 0.3 is 0 Å². The molecule has 3 aromatic rings. The molecule has 4 rings (SSSR count). The van der Waals surface area contributed by atoms with E-state index in [9.17, 15) is 4.79 Å². The van der Waals surface area contributed by atoms with Crippen LogP contribution >= 0.6 is 0 Å². The minimum Gasteiger partial charge on any atom is -0.338 e. The van der Waals surface area contributed by atoms with Crippen LogP contribution in [0.5, 0.6) is 0 Å². The van der Waals surface area contributed by atoms with Gasteiger partial charge in [-0.15, -0.1) is 0 Å². The fourth-order valence-electron chi connectivity index (χ4n) is 4.01. The Morgan fingerprint density at radius 2 is 1.72 bits per heavy atom. The molecule has 29 heavy (non-hydrogen) atoms. The zero-order chi connectivity index (χ0) is 20.4. The first kappa shape index (κ1) is 19.4. The van der Waals surface area contributed by atoms with E-state index < -0.39 is 0 Å². The summed E-state index contributed by atoms with van der Waals surface area (Å²) in [6.07, 6.45) is 3.96. The van der Waals surface area contributed by atoms with Gasteiger partial charge in [0.25, 0.3) is 5.91 Å². The molecule has 0 saturated carbocycles. The Hall–Kier alpha value is -2.92. The number of rotatable bonds is 4. The summed E-state index contributed by atoms with van der Waals surface area (Å²) in [5, 5.41) is 4.81. The van der Waals surface area contributed by atoms with Crippen LogP contribution in [0.25, 0.3) is 16.9 Å². The van der Waals surface area contributed by atoms with Gasteiger partial charge in [0.15, 0.2) is 0 Å². The molecule has 0 spiro atoms. The molecule has 2 aromatic carbocycles. The van der Waals surface area contributed by atoms with Crippen LogP contribution in [0.3, 0.4) is 0 Å². The minimum absolute atomic E-state index is 0.0484. The number of hydrogen-bond donors (Lipinski definition) is 1. The number of hydrogen-bond acceptors (Lipinski definition) is 2. The highest BCUT2D eigenvalue weighted by Crippen LogP contribution is 2.26. The number of piperidine rings is 1. The molecule has 1 aliphatic heterocycles. The molecule has 1 saturated heterocycles. The first-order chi connectivity index (χ1) is 14.0. The van der Waals surface area contributed by atoms with Gasteiger partial charge in [0.2, 0.25) is 0 Å². The zero-order valence-electron chi connectivity index (χ0n) is 17.4. The topological polar surface area (TPSA) is 42.6 Å². The van der Waals surface area contributed by atoms with Crippen molar-refractivity contribution in [2.45, 2.75) is 25.8 Å². The number of nitrogens with one attached hydrogen (secondary N) is 1. The molecule has 0 unspecified atom stereocenters. The van der Waals surface area contributed by atoms with Crippen LogP contribution in [0, 0.1) is 6.92 Å². The van der Waals surface area contributed by atoms with E-state index in [1.165, 1.54) is 5.56 Å². The lowest BCUT2D eigenvalue weighted by Crippen LogP contribution is -3.10. The molecular formula is C24H29N4O+. The molecule has 1 fully saturated rings. The van der Waals surface area contributed by atoms with E-state index in [0.29, 0.717) is 5.56 Å². The third-order valence-corrected chi connectivity index (χ3v) is 5.97. The lowest BCUT2D eigenvalue weighted by molar-refractivity contribution is -0.885. The molecule has 5 nitrogen and oxygen atoms in total. The second kappa shape index (κ2) is 8.21. The van der Waals surface area contributed by atoms with E-state index in [-0.39, 0.29) is 11.9 Å². The summed E-state index contributed by atoms with van der Waals surface area (Å²) in [5.41, 5.74) is 4.51. The molecule has 0 aliphatic carbocycles. The Kier molecular flexibility index (Phi) is 5.49. The highest BCUT2D eigenvalue weighted by atomic mass is 16.2. The predicted octanol–water partition coefficient (Wildman–Crippen LogP) is 2.60. The van der Waals surface area contributed by atoms with Gasteiger partial charge in [-0.25, -0.2) is 4.68 Å². The number of aryl methyl sites for hydroxylation is 1. The first-order valence-electron chi connectivity index (χ1n) is 10.3. The van der Waals surface area contributed by atoms with Gasteiger partial charge in [-0.05, 0) is 19.1 Å². The van der Waals surface area contributed by atoms with Crippen LogP contribution in [0.2, 0.25) is 0 Å². The van der Waals surface area contributed by atoms with Gasteiger partial charge in [0, 0.05) is 37.7 Å². The van der Waals surface area contributed by atoms with Crippen molar-refractivity contribution in [1.82, 2.24) is 14.7 Å². The van der Waals surface area contributed by atoms with E-state index in [1.807, 2.05) is 65.3 Å². The van der Waals surface area contributed by atoms with Crippen molar-refractivity contribution >= 4 is 5.91 Å². The van der Waals surface area contributed by atoms with Crippen molar-refractivity contribution < 1.29 is 9.69 Å². The zero-order valence-corrected chi connectivity index (χ0v) is 17.4. The highest BCUT2D eigenvalue weighted by molar-refractivity contribution is 6.00. The molecule has 1 amide bonds. The highest BCUT2D eigenvalue weighted by Gasteiger charge is 2.29. The average molecular weight is 390 g/mol. The van der Waals surface area contributed by atoms with Crippen LogP contribution in [0.4, 0.5) is 0 Å². The number of amides is 1. The van der Waals surface area contributed by atoms with Crippen LogP contribution < -0.4 is 4.90 Å². The van der Waals surface area contributed by atoms with Gasteiger partial charge in [0.1, 0.15) is 5.69 Å². The number of carbonyl (C=O) groups is 1. The third kappa shape index (κ3) is 4.10. The second-order valence-electron chi connectivity index (χ2n) is 8.14. The second-order valence-corrected chi connectivity index (χ2v) is 8.14. The van der Waals surface area contributed by atoms with Crippen molar-refractivity contribution in [3.63, 3.8) is 0 Å². The Bertz CT molecular complexity index is 970. The lowest BCUT2D eigenvalue weighted by atomic mass is 10.0. The quantitative estimate of drug-likeness (QED) is 0.745. The Balaban J connectivity index is 1.71. The Labute approximate surface area is 172 Å². The van der Waals surface area contributed by atoms with Crippen LogP contribution in [0.15, 0.2) is 60.8 Å². The number of nitrogens with zero attached hydrogens (tertiary/aromatic N) is 3. The number of benzene rings is 2. The maximum atomic E-state index is 13.5. The normalized spacial score (nSPS) is 19.1. The van der Waals surface area contributed by atoms with Crippen molar-refractivity contribution in [2.24, 2.45) is 0 Å². The Morgan fingerprint density at radius 1 is 1.07 bits per heavy atom. The van der Waals surface area contributed by atoms with E-state index >= 15 is 0 Å². The molecule has 1 N–H and O–H groups in total. The van der Waals surface area contributed by atoms with Crippen LogP contribution in [0.1, 0.15) is 28.8 Å². The van der Waals surface area contributed by atoms with Crippen molar-refractivity contribution in [1.29, 1.82) is 0 Å². The van der Waals surface area contributed by atoms with E-state index in [2.05, 4.69) is 26.1 Å². The monoisotopic (exact) mass is 389 g/mol. The molecular weight excluding hydrogens is 360 g/mol. The molecule has 5 heteroatoms. The summed E-state index contributed by atoms with van der Waals surface area (Å²) < 4.78 is 1.81. The average Bonchev–Trinajstić information content (AvgIpc) is 3.20. The summed E-state index contributed by atoms with van der Waals surface area (Å²) in [5.74, 6) is 0.0484. The molecule has 150 valence electrons. The van der Waals surface area contributed by atoms with Crippen LogP contribution in [-0.4, -0.2) is 53.8 Å². The number of para-hydroxylation sites is 1. The maximum absolute atomic E-state index is 13.5. The summed E-state index contributed by atoms with van der Waals surface area (Å²) in [6, 6.07) is 18.5. The largest absolute Gasteiger partial charge is 0.338 e. The summed E-state index contributed by atoms with van der Waals surface area (Å²) in [7, 11) is 4.16. The van der Waals surface area contributed by atoms with Crippen molar-refractivity contribution in [3.05, 3.63) is 71.9 Å². The number of carbonyl (C=O) groups excluding carboxylic acids is 1. The summed E-state index contributed by atoms with van der Waals surface area (Å²) in [6.45, 7) is 4.28. The minimum atomic E-state index is 0.0484. The summed E-state index contributed by atoms with van der Waals surface area (Å²) >= 11 is 0. The molecule has 0 atom stereocenters. The predicted molar refractivity (Wildman–Crippen MR) is 115 cm³/mol. The first-order valence-corrected chi connectivity index (χ1v) is 10.3. The number of likely N-dealkylation sites (tertiary alicyclic amines) is 1. The molecule has 0 radical (unpaired) electrons. The van der Waals surface area contributed by atoms with Gasteiger partial charge < -0.3 is 9.80 Å². The van der Waals surface area contributed by atoms with E-state index in [4.69, 9.17) is 5.10 Å². The van der Waals surface area contributed by atoms with Crippen LogP contribution in [-0.2, 0) is 0 Å². The molecule has 2 heterocycles. The van der Waals surface area contributed by atoms with Crippen molar-refractivity contribution in [2.75, 3.05) is 27.2 Å². The molecule has 1 aromatic heterocycles.